The van der Waals surface area contributed by atoms with Gasteiger partial charge in [0.05, 0.1) is 0 Å². The van der Waals surface area contributed by atoms with E-state index in [2.05, 4.69) is 5.32 Å². The molecule has 0 aromatic heterocycles. The van der Waals surface area contributed by atoms with Gasteiger partial charge >= 0.3 is 0 Å². The first-order valence-corrected chi connectivity index (χ1v) is 6.12. The van der Waals surface area contributed by atoms with Gasteiger partial charge in [0.25, 0.3) is 0 Å². The fraction of sp³-hybridized carbons (Fsp3) is 0.571. The minimum Gasteiger partial charge on any atom is -0.316 e. The summed E-state index contributed by atoms with van der Waals surface area (Å²) in [4.78, 5) is 0. The minimum atomic E-state index is -1.09. The van der Waals surface area contributed by atoms with Crippen molar-refractivity contribution in [3.8, 4) is 0 Å². The van der Waals surface area contributed by atoms with Gasteiger partial charge < -0.3 is 5.32 Å². The monoisotopic (exact) mass is 221 g/mol. The van der Waals surface area contributed by atoms with E-state index in [-0.39, 0.29) is 5.92 Å². The van der Waals surface area contributed by atoms with Crippen LogP contribution in [0.2, 0.25) is 0 Å². The lowest BCUT2D eigenvalue weighted by Crippen LogP contribution is -2.42. The summed E-state index contributed by atoms with van der Waals surface area (Å²) in [6.45, 7) is 3.61. The Hall–Kier alpha value is -0.890. The molecule has 0 spiro atoms. The van der Waals surface area contributed by atoms with Crippen molar-refractivity contribution in [3.63, 3.8) is 0 Å². The highest BCUT2D eigenvalue weighted by atomic mass is 19.1. The smallest absolute Gasteiger partial charge is 0.116 e. The fourth-order valence-electron chi connectivity index (χ4n) is 2.50. The van der Waals surface area contributed by atoms with E-state index >= 15 is 0 Å². The molecule has 0 bridgehead atoms. The Labute approximate surface area is 97.1 Å². The van der Waals surface area contributed by atoms with Gasteiger partial charge in [-0.15, -0.1) is 0 Å². The second kappa shape index (κ2) is 4.96. The number of rotatable bonds is 3. The number of piperidine rings is 1. The van der Waals surface area contributed by atoms with Gasteiger partial charge in [0.1, 0.15) is 5.67 Å². The van der Waals surface area contributed by atoms with Crippen molar-refractivity contribution in [1.82, 2.24) is 5.32 Å². The summed E-state index contributed by atoms with van der Waals surface area (Å²) in [5.74, 6) is 0.154. The Morgan fingerprint density at radius 3 is 2.75 bits per heavy atom. The third-order valence-corrected chi connectivity index (χ3v) is 3.54. The minimum absolute atomic E-state index is 0.154. The molecule has 2 rings (SSSR count). The first-order chi connectivity index (χ1) is 7.68. The summed E-state index contributed by atoms with van der Waals surface area (Å²) in [6, 6.07) is 9.94. The second-order valence-electron chi connectivity index (χ2n) is 4.98. The second-order valence-corrected chi connectivity index (χ2v) is 4.98. The van der Waals surface area contributed by atoms with E-state index in [1.54, 1.807) is 6.92 Å². The molecule has 0 saturated carbocycles. The van der Waals surface area contributed by atoms with E-state index in [1.807, 2.05) is 30.3 Å². The maximum atomic E-state index is 14.6. The van der Waals surface area contributed by atoms with Crippen molar-refractivity contribution < 1.29 is 4.39 Å². The van der Waals surface area contributed by atoms with Crippen LogP contribution < -0.4 is 5.32 Å². The van der Waals surface area contributed by atoms with Crippen molar-refractivity contribution in [2.75, 3.05) is 13.1 Å². The van der Waals surface area contributed by atoms with Crippen molar-refractivity contribution in [2.45, 2.75) is 31.9 Å². The number of nitrogens with one attached hydrogen (secondary N) is 1. The SMILES string of the molecule is CC(F)(Cc1ccccc1)C1CCCNC1. The zero-order chi connectivity index (χ0) is 11.4. The van der Waals surface area contributed by atoms with Gasteiger partial charge in [-0.25, -0.2) is 4.39 Å². The van der Waals surface area contributed by atoms with Crippen LogP contribution in [0.15, 0.2) is 30.3 Å². The van der Waals surface area contributed by atoms with Gasteiger partial charge in [-0.05, 0) is 31.9 Å². The maximum Gasteiger partial charge on any atom is 0.116 e. The van der Waals surface area contributed by atoms with Gasteiger partial charge in [-0.3, -0.25) is 0 Å². The van der Waals surface area contributed by atoms with Crippen molar-refractivity contribution in [1.29, 1.82) is 0 Å². The molecule has 1 aromatic carbocycles. The van der Waals surface area contributed by atoms with Crippen LogP contribution in [-0.4, -0.2) is 18.8 Å². The number of benzene rings is 1. The third-order valence-electron chi connectivity index (χ3n) is 3.54. The zero-order valence-electron chi connectivity index (χ0n) is 9.88. The number of hydrogen-bond donors (Lipinski definition) is 1. The highest BCUT2D eigenvalue weighted by Crippen LogP contribution is 2.31. The van der Waals surface area contributed by atoms with Crippen molar-refractivity contribution >= 4 is 0 Å². The Balaban J connectivity index is 2.01. The Bertz CT molecular complexity index is 315. The molecule has 0 amide bonds. The average molecular weight is 221 g/mol. The molecule has 0 aliphatic carbocycles. The van der Waals surface area contributed by atoms with Crippen LogP contribution in [-0.2, 0) is 6.42 Å². The largest absolute Gasteiger partial charge is 0.316 e. The maximum absolute atomic E-state index is 14.6. The number of halogens is 1. The molecule has 1 aliphatic heterocycles. The van der Waals surface area contributed by atoms with Crippen LogP contribution in [0.25, 0.3) is 0 Å². The van der Waals surface area contributed by atoms with Gasteiger partial charge in [0.2, 0.25) is 0 Å². The van der Waals surface area contributed by atoms with Crippen LogP contribution in [0.4, 0.5) is 4.39 Å². The van der Waals surface area contributed by atoms with Gasteiger partial charge in [0.15, 0.2) is 0 Å². The normalized spacial score (nSPS) is 25.0. The van der Waals surface area contributed by atoms with Crippen LogP contribution in [0.1, 0.15) is 25.3 Å². The molecule has 2 heteroatoms. The number of alkyl halides is 1. The molecule has 16 heavy (non-hydrogen) atoms. The average Bonchev–Trinajstić information content (AvgIpc) is 2.31. The van der Waals surface area contributed by atoms with Gasteiger partial charge in [-0.1, -0.05) is 30.3 Å². The lowest BCUT2D eigenvalue weighted by molar-refractivity contribution is 0.0833. The van der Waals surface area contributed by atoms with Crippen molar-refractivity contribution in [3.05, 3.63) is 35.9 Å². The van der Waals surface area contributed by atoms with E-state index in [0.29, 0.717) is 6.42 Å². The van der Waals surface area contributed by atoms with E-state index < -0.39 is 5.67 Å². The molecule has 1 fully saturated rings. The van der Waals surface area contributed by atoms with Crippen LogP contribution in [0.3, 0.4) is 0 Å². The predicted molar refractivity (Wildman–Crippen MR) is 65.3 cm³/mol. The molecule has 2 atom stereocenters. The van der Waals surface area contributed by atoms with Crippen molar-refractivity contribution in [2.24, 2.45) is 5.92 Å². The predicted octanol–water partition coefficient (Wildman–Crippen LogP) is 2.96. The lowest BCUT2D eigenvalue weighted by atomic mass is 9.81. The quantitative estimate of drug-likeness (QED) is 0.827. The van der Waals surface area contributed by atoms with Gasteiger partial charge in [0, 0.05) is 18.9 Å². The zero-order valence-corrected chi connectivity index (χ0v) is 9.88. The summed E-state index contributed by atoms with van der Waals surface area (Å²) in [6.07, 6.45) is 2.63. The third kappa shape index (κ3) is 2.82. The Kier molecular flexibility index (Phi) is 3.59. The molecular weight excluding hydrogens is 201 g/mol. The molecule has 88 valence electrons. The molecule has 1 aliphatic rings. The summed E-state index contributed by atoms with van der Waals surface area (Å²) in [5.41, 5.74) is 0.00692. The molecule has 1 heterocycles. The molecule has 2 unspecified atom stereocenters. The molecular formula is C14H20FN. The Morgan fingerprint density at radius 2 is 2.12 bits per heavy atom. The molecule has 0 radical (unpaired) electrons. The highest BCUT2D eigenvalue weighted by Gasteiger charge is 2.34. The summed E-state index contributed by atoms with van der Waals surface area (Å²) >= 11 is 0. The van der Waals surface area contributed by atoms with Crippen LogP contribution in [0, 0.1) is 5.92 Å². The highest BCUT2D eigenvalue weighted by molar-refractivity contribution is 5.17. The summed E-state index contributed by atoms with van der Waals surface area (Å²) in [7, 11) is 0. The molecule has 1 N–H and O–H groups in total. The first kappa shape index (κ1) is 11.6. The Morgan fingerprint density at radius 1 is 1.38 bits per heavy atom. The topological polar surface area (TPSA) is 12.0 Å². The fourth-order valence-corrected chi connectivity index (χ4v) is 2.50. The molecule has 1 saturated heterocycles. The van der Waals surface area contributed by atoms with Gasteiger partial charge in [-0.2, -0.15) is 0 Å². The van der Waals surface area contributed by atoms with E-state index in [9.17, 15) is 4.39 Å². The molecule has 1 aromatic rings. The standard InChI is InChI=1S/C14H20FN/c1-14(15,13-8-5-9-16-11-13)10-12-6-3-2-4-7-12/h2-4,6-7,13,16H,5,8-11H2,1H3. The van der Waals surface area contributed by atoms with E-state index in [1.165, 1.54) is 0 Å². The number of hydrogen-bond acceptors (Lipinski definition) is 1. The summed E-state index contributed by atoms with van der Waals surface area (Å²) < 4.78 is 14.6. The van der Waals surface area contributed by atoms with E-state index in [4.69, 9.17) is 0 Å². The lowest BCUT2D eigenvalue weighted by Gasteiger charge is -2.34. The summed E-state index contributed by atoms with van der Waals surface area (Å²) in [5, 5.41) is 3.29. The first-order valence-electron chi connectivity index (χ1n) is 6.12. The van der Waals surface area contributed by atoms with Crippen LogP contribution >= 0.6 is 0 Å². The van der Waals surface area contributed by atoms with E-state index in [0.717, 1.165) is 31.5 Å². The van der Waals surface area contributed by atoms with Crippen LogP contribution in [0.5, 0.6) is 0 Å². The molecule has 1 nitrogen and oxygen atoms in total.